The van der Waals surface area contributed by atoms with Gasteiger partial charge in [-0.3, -0.25) is 9.78 Å². The number of hydrogen-bond donors (Lipinski definition) is 1. The zero-order valence-corrected chi connectivity index (χ0v) is 17.7. The van der Waals surface area contributed by atoms with Gasteiger partial charge in [-0.25, -0.2) is 9.37 Å². The fourth-order valence-electron chi connectivity index (χ4n) is 3.58. The average Bonchev–Trinajstić information content (AvgIpc) is 2.89. The highest BCUT2D eigenvalue weighted by Crippen LogP contribution is 2.34. The van der Waals surface area contributed by atoms with Crippen LogP contribution in [0.3, 0.4) is 0 Å². The number of aromatic nitrogens is 2. The largest absolute Gasteiger partial charge is 0.354 e. The molecule has 1 aliphatic carbocycles. The highest BCUT2D eigenvalue weighted by molar-refractivity contribution is 8.26. The number of thiocarbonyl (C=S) groups is 1. The first-order valence-electron chi connectivity index (χ1n) is 9.58. The van der Waals surface area contributed by atoms with Crippen molar-refractivity contribution in [3.05, 3.63) is 47.0 Å². The lowest BCUT2D eigenvalue weighted by Crippen LogP contribution is -2.29. The summed E-state index contributed by atoms with van der Waals surface area (Å²) in [5, 5.41) is 2.61. The number of rotatable bonds is 3. The van der Waals surface area contributed by atoms with Gasteiger partial charge < -0.3 is 15.1 Å². The molecule has 1 atom stereocenters. The molecule has 2 saturated heterocycles. The monoisotopic (exact) mass is 431 g/mol. The minimum atomic E-state index is -0.305. The summed E-state index contributed by atoms with van der Waals surface area (Å²) >= 11 is 6.27. The van der Waals surface area contributed by atoms with Gasteiger partial charge >= 0.3 is 0 Å². The van der Waals surface area contributed by atoms with Crippen LogP contribution in [0.15, 0.2) is 41.4 Å². The summed E-state index contributed by atoms with van der Waals surface area (Å²) in [6.07, 6.45) is 10.1. The van der Waals surface area contributed by atoms with E-state index in [4.69, 9.17) is 17.2 Å². The Kier molecular flexibility index (Phi) is 6.07. The minimum Gasteiger partial charge on any atom is -0.354 e. The van der Waals surface area contributed by atoms with Crippen molar-refractivity contribution in [1.29, 1.82) is 0 Å². The maximum atomic E-state index is 14.6. The number of nitrogens with zero attached hydrogens (tertiary/aromatic N) is 4. The SMILES string of the molecule is CN1CCCN(c2cncc(C3=CC(/C=C4\SC(=S)NC4=O)CC=C3F)n2)CC1. The quantitative estimate of drug-likeness (QED) is 0.583. The molecule has 29 heavy (non-hydrogen) atoms. The summed E-state index contributed by atoms with van der Waals surface area (Å²) in [5.74, 6) is 0.164. The van der Waals surface area contributed by atoms with Crippen LogP contribution in [0.2, 0.25) is 0 Å². The lowest BCUT2D eigenvalue weighted by molar-refractivity contribution is -0.115. The Morgan fingerprint density at radius 2 is 2.17 bits per heavy atom. The molecule has 0 radical (unpaired) electrons. The molecule has 6 nitrogen and oxygen atoms in total. The third-order valence-corrected chi connectivity index (χ3v) is 6.34. The van der Waals surface area contributed by atoms with Gasteiger partial charge in [-0.05, 0) is 32.5 Å². The Bertz CT molecular complexity index is 929. The topological polar surface area (TPSA) is 61.4 Å². The van der Waals surface area contributed by atoms with E-state index in [1.165, 1.54) is 11.8 Å². The Morgan fingerprint density at radius 1 is 1.31 bits per heavy atom. The molecule has 1 aromatic rings. The first kappa shape index (κ1) is 20.2. The summed E-state index contributed by atoms with van der Waals surface area (Å²) in [6, 6.07) is 0. The van der Waals surface area contributed by atoms with Crippen LogP contribution in [0.4, 0.5) is 10.2 Å². The normalized spacial score (nSPS) is 25.0. The van der Waals surface area contributed by atoms with Crippen molar-refractivity contribution in [1.82, 2.24) is 20.2 Å². The van der Waals surface area contributed by atoms with Crippen LogP contribution in [-0.2, 0) is 4.79 Å². The molecule has 2 aliphatic heterocycles. The molecular formula is C20H22FN5OS2. The highest BCUT2D eigenvalue weighted by Gasteiger charge is 2.25. The molecule has 0 bridgehead atoms. The first-order chi connectivity index (χ1) is 14.0. The number of likely N-dealkylation sites (N-methyl/N-ethyl adjacent to an activating group) is 1. The predicted octanol–water partition coefficient (Wildman–Crippen LogP) is 2.91. The van der Waals surface area contributed by atoms with Crippen LogP contribution in [0.25, 0.3) is 5.57 Å². The number of anilines is 1. The molecule has 1 aromatic heterocycles. The maximum Gasteiger partial charge on any atom is 0.263 e. The van der Waals surface area contributed by atoms with Gasteiger partial charge in [0.25, 0.3) is 5.91 Å². The summed E-state index contributed by atoms with van der Waals surface area (Å²) in [7, 11) is 2.11. The molecule has 0 aromatic carbocycles. The van der Waals surface area contributed by atoms with E-state index in [2.05, 4.69) is 27.1 Å². The predicted molar refractivity (Wildman–Crippen MR) is 118 cm³/mol. The number of amides is 1. The number of carbonyl (C=O) groups excluding carboxylic acids is 1. The van der Waals surface area contributed by atoms with Gasteiger partial charge in [-0.2, -0.15) is 0 Å². The smallest absolute Gasteiger partial charge is 0.263 e. The van der Waals surface area contributed by atoms with Crippen LogP contribution < -0.4 is 10.2 Å². The Hall–Kier alpha value is -2.10. The van der Waals surface area contributed by atoms with Crippen LogP contribution in [0, 0.1) is 5.92 Å². The lowest BCUT2D eigenvalue weighted by atomic mass is 9.93. The third kappa shape index (κ3) is 4.73. The van der Waals surface area contributed by atoms with Crippen molar-refractivity contribution in [3.8, 4) is 0 Å². The summed E-state index contributed by atoms with van der Waals surface area (Å²) in [6.45, 7) is 3.78. The minimum absolute atomic E-state index is 0.101. The standard InChI is InChI=1S/C20H22FN5OS2/c1-25-5-2-6-26(8-7-25)18-12-22-11-16(23-18)14-9-13(3-4-15(14)21)10-17-19(27)24-20(28)29-17/h4,9-13H,2-3,5-8H2,1H3,(H,24,27,28)/b17-10-. The molecule has 1 N–H and O–H groups in total. The molecule has 0 saturated carbocycles. The van der Waals surface area contributed by atoms with E-state index in [-0.39, 0.29) is 17.7 Å². The maximum absolute atomic E-state index is 14.6. The second-order valence-corrected chi connectivity index (χ2v) is 9.03. The number of hydrogen-bond acceptors (Lipinski definition) is 7. The van der Waals surface area contributed by atoms with Crippen molar-refractivity contribution >= 4 is 45.6 Å². The second kappa shape index (κ2) is 8.73. The van der Waals surface area contributed by atoms with Gasteiger partial charge in [0.05, 0.1) is 23.0 Å². The molecule has 152 valence electrons. The van der Waals surface area contributed by atoms with Gasteiger partial charge in [-0.1, -0.05) is 36.1 Å². The van der Waals surface area contributed by atoms with Crippen molar-refractivity contribution < 1.29 is 9.18 Å². The zero-order chi connectivity index (χ0) is 20.4. The Labute approximate surface area is 179 Å². The highest BCUT2D eigenvalue weighted by atomic mass is 32.2. The third-order valence-electron chi connectivity index (χ3n) is 5.16. The van der Waals surface area contributed by atoms with Gasteiger partial charge in [-0.15, -0.1) is 0 Å². The summed E-state index contributed by atoms with van der Waals surface area (Å²) in [4.78, 5) is 26.0. The van der Waals surface area contributed by atoms with Crippen LogP contribution in [-0.4, -0.2) is 58.3 Å². The summed E-state index contributed by atoms with van der Waals surface area (Å²) < 4.78 is 15.1. The molecular weight excluding hydrogens is 409 g/mol. The van der Waals surface area contributed by atoms with Crippen LogP contribution in [0.5, 0.6) is 0 Å². The van der Waals surface area contributed by atoms with E-state index < -0.39 is 0 Å². The fraction of sp³-hybridized carbons (Fsp3) is 0.400. The molecule has 0 spiro atoms. The van der Waals surface area contributed by atoms with E-state index in [9.17, 15) is 9.18 Å². The van der Waals surface area contributed by atoms with Crippen molar-refractivity contribution in [2.45, 2.75) is 12.8 Å². The molecule has 1 unspecified atom stereocenters. The lowest BCUT2D eigenvalue weighted by Gasteiger charge is -2.22. The number of carbonyl (C=O) groups is 1. The molecule has 2 fully saturated rings. The van der Waals surface area contributed by atoms with E-state index >= 15 is 0 Å². The van der Waals surface area contributed by atoms with E-state index in [0.29, 0.717) is 26.9 Å². The van der Waals surface area contributed by atoms with Gasteiger partial charge in [0.15, 0.2) is 0 Å². The number of thioether (sulfide) groups is 1. The average molecular weight is 432 g/mol. The van der Waals surface area contributed by atoms with Crippen molar-refractivity contribution in [3.63, 3.8) is 0 Å². The van der Waals surface area contributed by atoms with E-state index in [0.717, 1.165) is 38.4 Å². The van der Waals surface area contributed by atoms with E-state index in [1.54, 1.807) is 18.5 Å². The second-order valence-electron chi connectivity index (χ2n) is 7.31. The van der Waals surface area contributed by atoms with Crippen molar-refractivity contribution in [2.24, 2.45) is 5.92 Å². The molecule has 3 heterocycles. The van der Waals surface area contributed by atoms with Gasteiger partial charge in [0.2, 0.25) is 0 Å². The van der Waals surface area contributed by atoms with Gasteiger partial charge in [0.1, 0.15) is 16.0 Å². The zero-order valence-electron chi connectivity index (χ0n) is 16.1. The number of allylic oxidation sites excluding steroid dienone is 5. The summed E-state index contributed by atoms with van der Waals surface area (Å²) in [5.41, 5.74) is 0.932. The van der Waals surface area contributed by atoms with Gasteiger partial charge in [0, 0.05) is 31.1 Å². The van der Waals surface area contributed by atoms with Crippen LogP contribution in [0.1, 0.15) is 18.5 Å². The fourth-order valence-corrected chi connectivity index (χ4v) is 4.67. The van der Waals surface area contributed by atoms with E-state index in [1.807, 2.05) is 12.2 Å². The Morgan fingerprint density at radius 3 is 2.97 bits per heavy atom. The molecule has 1 amide bonds. The Balaban J connectivity index is 1.58. The number of halogens is 1. The van der Waals surface area contributed by atoms with Crippen LogP contribution >= 0.6 is 24.0 Å². The molecule has 4 rings (SSSR count). The van der Waals surface area contributed by atoms with Crippen molar-refractivity contribution in [2.75, 3.05) is 38.1 Å². The number of nitrogens with one attached hydrogen (secondary N) is 1. The molecule has 9 heteroatoms. The molecule has 3 aliphatic rings. The first-order valence-corrected chi connectivity index (χ1v) is 10.8.